The van der Waals surface area contributed by atoms with Crippen LogP contribution in [0.2, 0.25) is 0 Å². The molecule has 6 heteroatoms. The van der Waals surface area contributed by atoms with Gasteiger partial charge in [-0.3, -0.25) is 9.36 Å². The Morgan fingerprint density at radius 3 is 2.80 bits per heavy atom. The lowest BCUT2D eigenvalue weighted by atomic mass is 10.4. The van der Waals surface area contributed by atoms with Crippen molar-refractivity contribution in [3.05, 3.63) is 10.5 Å². The van der Waals surface area contributed by atoms with Crippen LogP contribution in [0, 0.1) is 0 Å². The van der Waals surface area contributed by atoms with Crippen LogP contribution in [0.3, 0.4) is 0 Å². The first kappa shape index (κ1) is 12.0. The van der Waals surface area contributed by atoms with Gasteiger partial charge in [0.25, 0.3) is 0 Å². The average Bonchev–Trinajstić information content (AvgIpc) is 2.56. The Kier molecular flexibility index (Phi) is 4.14. The van der Waals surface area contributed by atoms with Crippen LogP contribution < -0.4 is 5.69 Å². The summed E-state index contributed by atoms with van der Waals surface area (Å²) in [4.78, 5) is 22.5. The maximum atomic E-state index is 11.3. The number of carbonyl (C=O) groups is 1. The number of rotatable bonds is 5. The lowest BCUT2D eigenvalue weighted by Crippen LogP contribution is -2.19. The van der Waals surface area contributed by atoms with Crippen molar-refractivity contribution in [1.29, 1.82) is 0 Å². The fraction of sp³-hybridized carbons (Fsp3) is 0.667. The van der Waals surface area contributed by atoms with Crippen LogP contribution in [0.5, 0.6) is 0 Å². The van der Waals surface area contributed by atoms with Gasteiger partial charge in [0.1, 0.15) is 5.78 Å². The molecule has 0 aromatic carbocycles. The minimum atomic E-state index is -0.226. The van der Waals surface area contributed by atoms with E-state index in [1.165, 1.54) is 11.8 Å². The summed E-state index contributed by atoms with van der Waals surface area (Å²) in [5, 5.41) is 6.85. The summed E-state index contributed by atoms with van der Waals surface area (Å²) in [6.45, 7) is 5.63. The molecule has 0 radical (unpaired) electrons. The van der Waals surface area contributed by atoms with Gasteiger partial charge in [0.15, 0.2) is 5.16 Å². The van der Waals surface area contributed by atoms with Crippen LogP contribution >= 0.6 is 11.8 Å². The minimum Gasteiger partial charge on any atom is -0.299 e. The number of H-pyrrole nitrogens is 1. The highest BCUT2D eigenvalue weighted by Crippen LogP contribution is 2.16. The Morgan fingerprint density at radius 1 is 1.60 bits per heavy atom. The molecule has 15 heavy (non-hydrogen) atoms. The van der Waals surface area contributed by atoms with E-state index in [4.69, 9.17) is 0 Å². The average molecular weight is 229 g/mol. The molecular formula is C9H15N3O2S. The summed E-state index contributed by atoms with van der Waals surface area (Å²) >= 11 is 1.30. The molecule has 0 unspecified atom stereocenters. The third kappa shape index (κ3) is 2.95. The zero-order valence-electron chi connectivity index (χ0n) is 9.11. The molecule has 0 saturated heterocycles. The first-order chi connectivity index (χ1) is 7.06. The van der Waals surface area contributed by atoms with Crippen molar-refractivity contribution < 1.29 is 4.79 Å². The van der Waals surface area contributed by atoms with Gasteiger partial charge in [-0.15, -0.1) is 5.10 Å². The Balaban J connectivity index is 2.77. The molecular weight excluding hydrogens is 214 g/mol. The number of ketones is 1. The number of Topliss-reactive ketones (excluding diaryl/α,β-unsaturated/α-hetero) is 1. The predicted octanol–water partition coefficient (Wildman–Crippen LogP) is 1.22. The van der Waals surface area contributed by atoms with Crippen molar-refractivity contribution in [2.24, 2.45) is 0 Å². The number of aromatic nitrogens is 3. The van der Waals surface area contributed by atoms with E-state index < -0.39 is 0 Å². The van der Waals surface area contributed by atoms with Crippen molar-refractivity contribution >= 4 is 17.5 Å². The molecule has 1 aromatic heterocycles. The maximum Gasteiger partial charge on any atom is 0.344 e. The van der Waals surface area contributed by atoms with Gasteiger partial charge in [-0.25, -0.2) is 9.89 Å². The molecule has 0 spiro atoms. The van der Waals surface area contributed by atoms with E-state index in [0.29, 0.717) is 17.3 Å². The topological polar surface area (TPSA) is 67.8 Å². The molecule has 1 N–H and O–H groups in total. The van der Waals surface area contributed by atoms with Crippen molar-refractivity contribution in [3.8, 4) is 0 Å². The number of thioether (sulfide) groups is 1. The van der Waals surface area contributed by atoms with Gasteiger partial charge < -0.3 is 0 Å². The molecule has 0 aliphatic heterocycles. The molecule has 5 nitrogen and oxygen atoms in total. The quantitative estimate of drug-likeness (QED) is 0.771. The van der Waals surface area contributed by atoms with Crippen LogP contribution in [0.25, 0.3) is 0 Å². The third-order valence-electron chi connectivity index (χ3n) is 1.95. The van der Waals surface area contributed by atoms with E-state index in [1.54, 1.807) is 4.57 Å². The summed E-state index contributed by atoms with van der Waals surface area (Å²) < 4.78 is 1.55. The molecule has 1 aromatic rings. The van der Waals surface area contributed by atoms with E-state index in [1.807, 2.05) is 20.8 Å². The van der Waals surface area contributed by atoms with Crippen molar-refractivity contribution in [3.63, 3.8) is 0 Å². The van der Waals surface area contributed by atoms with E-state index in [9.17, 15) is 9.59 Å². The Hall–Kier alpha value is -1.04. The van der Waals surface area contributed by atoms with Gasteiger partial charge in [0, 0.05) is 12.5 Å². The van der Waals surface area contributed by atoms with E-state index in [0.717, 1.165) is 0 Å². The summed E-state index contributed by atoms with van der Waals surface area (Å²) in [5.74, 6) is 0.527. The molecule has 0 saturated carbocycles. The number of carbonyl (C=O) groups excluding carboxylic acids is 1. The van der Waals surface area contributed by atoms with Gasteiger partial charge in [-0.1, -0.05) is 18.7 Å². The number of nitrogens with zero attached hydrogens (tertiary/aromatic N) is 2. The zero-order valence-corrected chi connectivity index (χ0v) is 9.93. The number of hydrogen-bond acceptors (Lipinski definition) is 4. The van der Waals surface area contributed by atoms with Gasteiger partial charge >= 0.3 is 5.69 Å². The van der Waals surface area contributed by atoms with Crippen LogP contribution in [0.15, 0.2) is 9.95 Å². The highest BCUT2D eigenvalue weighted by atomic mass is 32.2. The van der Waals surface area contributed by atoms with Crippen molar-refractivity contribution in [2.75, 3.05) is 5.75 Å². The normalized spacial score (nSPS) is 10.9. The second-order valence-corrected chi connectivity index (χ2v) is 4.40. The second kappa shape index (κ2) is 5.16. The Bertz CT molecular complexity index is 394. The monoisotopic (exact) mass is 229 g/mol. The summed E-state index contributed by atoms with van der Waals surface area (Å²) in [6, 6.07) is 0.0514. The van der Waals surface area contributed by atoms with Crippen LogP contribution in [-0.4, -0.2) is 26.3 Å². The zero-order chi connectivity index (χ0) is 11.4. The van der Waals surface area contributed by atoms with Crippen LogP contribution in [0.1, 0.15) is 33.2 Å². The number of aromatic amines is 1. The molecule has 0 aliphatic rings. The fourth-order valence-electron chi connectivity index (χ4n) is 1.09. The highest BCUT2D eigenvalue weighted by Gasteiger charge is 2.12. The maximum absolute atomic E-state index is 11.3. The largest absolute Gasteiger partial charge is 0.344 e. The van der Waals surface area contributed by atoms with Crippen molar-refractivity contribution in [1.82, 2.24) is 14.8 Å². The first-order valence-corrected chi connectivity index (χ1v) is 5.86. The number of hydrogen-bond donors (Lipinski definition) is 1. The van der Waals surface area contributed by atoms with Gasteiger partial charge in [0.2, 0.25) is 0 Å². The SMILES string of the molecule is CCC(=O)CSc1n[nH]c(=O)n1C(C)C. The van der Waals surface area contributed by atoms with Crippen LogP contribution in [-0.2, 0) is 4.79 Å². The molecule has 1 rings (SSSR count). The van der Waals surface area contributed by atoms with Gasteiger partial charge in [-0.05, 0) is 13.8 Å². The first-order valence-electron chi connectivity index (χ1n) is 4.87. The Labute approximate surface area is 92.3 Å². The lowest BCUT2D eigenvalue weighted by Gasteiger charge is -2.07. The third-order valence-corrected chi connectivity index (χ3v) is 2.96. The summed E-state index contributed by atoms with van der Waals surface area (Å²) in [5.41, 5.74) is -0.226. The number of nitrogens with one attached hydrogen (secondary N) is 1. The van der Waals surface area contributed by atoms with E-state index >= 15 is 0 Å². The van der Waals surface area contributed by atoms with Gasteiger partial charge in [0.05, 0.1) is 5.75 Å². The lowest BCUT2D eigenvalue weighted by molar-refractivity contribution is -0.116. The van der Waals surface area contributed by atoms with E-state index in [2.05, 4.69) is 10.2 Å². The molecule has 0 aliphatic carbocycles. The van der Waals surface area contributed by atoms with Gasteiger partial charge in [-0.2, -0.15) is 0 Å². The molecule has 0 bridgehead atoms. The van der Waals surface area contributed by atoms with Crippen LogP contribution in [0.4, 0.5) is 0 Å². The fourth-order valence-corrected chi connectivity index (χ4v) is 2.13. The molecule has 1 heterocycles. The molecule has 0 atom stereocenters. The summed E-state index contributed by atoms with van der Waals surface area (Å²) in [7, 11) is 0. The molecule has 0 amide bonds. The van der Waals surface area contributed by atoms with Crippen molar-refractivity contribution in [2.45, 2.75) is 38.4 Å². The second-order valence-electron chi connectivity index (χ2n) is 3.46. The summed E-state index contributed by atoms with van der Waals surface area (Å²) in [6.07, 6.45) is 0.517. The molecule has 84 valence electrons. The predicted molar refractivity (Wildman–Crippen MR) is 59.3 cm³/mol. The Morgan fingerprint density at radius 2 is 2.27 bits per heavy atom. The van der Waals surface area contributed by atoms with E-state index in [-0.39, 0.29) is 17.5 Å². The molecule has 0 fully saturated rings. The standard InChI is InChI=1S/C9H15N3O2S/c1-4-7(13)5-15-9-11-10-8(14)12(9)6(2)3/h6H,4-5H2,1-3H3,(H,10,14). The minimum absolute atomic E-state index is 0.0514. The smallest absolute Gasteiger partial charge is 0.299 e. The highest BCUT2D eigenvalue weighted by molar-refractivity contribution is 7.99.